The fourth-order valence-electron chi connectivity index (χ4n) is 6.28. The summed E-state index contributed by atoms with van der Waals surface area (Å²) < 4.78 is 22.1. The van der Waals surface area contributed by atoms with Gasteiger partial charge in [-0.25, -0.2) is 0 Å². The number of unbranched alkanes of at least 4 members (excludes halogenated alkanes) is 18. The molecule has 1 rings (SSSR count). The molecule has 0 amide bonds. The van der Waals surface area contributed by atoms with Crippen LogP contribution < -0.4 is 0 Å². The van der Waals surface area contributed by atoms with Crippen LogP contribution in [0.3, 0.4) is 0 Å². The second kappa shape index (κ2) is 35.3. The highest BCUT2D eigenvalue weighted by Crippen LogP contribution is 2.22. The van der Waals surface area contributed by atoms with E-state index >= 15 is 0 Å². The van der Waals surface area contributed by atoms with E-state index in [1.807, 2.05) is 6.08 Å². The van der Waals surface area contributed by atoms with Gasteiger partial charge in [-0.05, 0) is 51.4 Å². The third kappa shape index (κ3) is 26.7. The number of allylic oxidation sites excluding steroid dienone is 6. The summed E-state index contributed by atoms with van der Waals surface area (Å²) >= 11 is 0. The zero-order valence-electron chi connectivity index (χ0n) is 34.0. The lowest BCUT2D eigenvalue weighted by Crippen LogP contribution is -2.59. The number of rotatable bonds is 35. The Morgan fingerprint density at radius 1 is 0.574 bits per heavy atom. The smallest absolute Gasteiger partial charge is 0.306 e. The van der Waals surface area contributed by atoms with Gasteiger partial charge in [0.1, 0.15) is 31.0 Å². The van der Waals surface area contributed by atoms with Crippen molar-refractivity contribution in [2.45, 2.75) is 211 Å². The van der Waals surface area contributed by atoms with Gasteiger partial charge >= 0.3 is 11.9 Å². The number of aliphatic hydroxyl groups excluding tert-OH is 4. The van der Waals surface area contributed by atoms with E-state index in [2.05, 4.69) is 44.2 Å². The molecule has 54 heavy (non-hydrogen) atoms. The first-order valence-electron chi connectivity index (χ1n) is 21.6. The molecule has 10 nitrogen and oxygen atoms in total. The molecule has 314 valence electrons. The lowest BCUT2D eigenvalue weighted by molar-refractivity contribution is -0.305. The fourth-order valence-corrected chi connectivity index (χ4v) is 6.28. The average molecular weight is 767 g/mol. The van der Waals surface area contributed by atoms with Crippen LogP contribution in [0, 0.1) is 0 Å². The summed E-state index contributed by atoms with van der Waals surface area (Å²) in [5.74, 6) is -0.879. The minimum absolute atomic E-state index is 0.189. The highest BCUT2D eigenvalue weighted by atomic mass is 16.7. The van der Waals surface area contributed by atoms with Gasteiger partial charge in [0.15, 0.2) is 12.4 Å². The number of aliphatic hydroxyl groups is 4. The quantitative estimate of drug-likeness (QED) is 0.0280. The van der Waals surface area contributed by atoms with E-state index in [0.717, 1.165) is 57.8 Å². The summed E-state index contributed by atoms with van der Waals surface area (Å²) in [4.78, 5) is 25.2. The first-order valence-corrected chi connectivity index (χ1v) is 21.6. The van der Waals surface area contributed by atoms with Crippen molar-refractivity contribution >= 4 is 11.9 Å². The molecule has 10 heteroatoms. The highest BCUT2D eigenvalue weighted by Gasteiger charge is 2.44. The SMILES string of the molecule is CCCC/C=C/C/C=C/CCCCCCCC(=O)O[C@@H](COC(=O)CC/C=C/CCCCCCCCCCCCC)CO[C@H]1O[C@@H](CO)[C@@H](O)C(O)C1O. The second-order valence-corrected chi connectivity index (χ2v) is 14.8. The maximum absolute atomic E-state index is 12.7. The molecule has 0 aliphatic carbocycles. The van der Waals surface area contributed by atoms with Crippen LogP contribution in [-0.2, 0) is 28.5 Å². The number of carbonyl (C=O) groups is 2. The van der Waals surface area contributed by atoms with Crippen LogP contribution >= 0.6 is 0 Å². The zero-order chi connectivity index (χ0) is 39.5. The van der Waals surface area contributed by atoms with Crippen LogP contribution in [-0.4, -0.2) is 89.0 Å². The standard InChI is InChI=1S/C44H78O10/c1-3-5-7-9-11-13-15-17-19-21-22-24-26-28-30-32-39(46)51-35-37(36-52-44-43(50)42(49)41(48)38(34-45)54-44)53-40(47)33-31-29-27-25-23-20-18-16-14-12-10-8-6-4-2/h10,12,16,18,26,28,37-38,41-45,48-50H,3-9,11,13-15,17,19-25,27,29-36H2,1-2H3/b12-10+,18-16+,28-26+/t37-,38-,41+,42?,43?,44-/m0/s1. The lowest BCUT2D eigenvalue weighted by atomic mass is 9.99. The summed E-state index contributed by atoms with van der Waals surface area (Å²) in [6, 6.07) is 0. The number of hydrogen-bond acceptors (Lipinski definition) is 10. The average Bonchev–Trinajstić information content (AvgIpc) is 3.17. The molecule has 2 unspecified atom stereocenters. The largest absolute Gasteiger partial charge is 0.462 e. The van der Waals surface area contributed by atoms with Crippen molar-refractivity contribution in [3.63, 3.8) is 0 Å². The van der Waals surface area contributed by atoms with E-state index in [1.165, 1.54) is 77.0 Å². The topological polar surface area (TPSA) is 152 Å². The molecule has 0 aromatic heterocycles. The molecule has 6 atom stereocenters. The highest BCUT2D eigenvalue weighted by molar-refractivity contribution is 5.70. The van der Waals surface area contributed by atoms with Crippen molar-refractivity contribution in [1.29, 1.82) is 0 Å². The third-order valence-electron chi connectivity index (χ3n) is 9.76. The normalized spacial score (nSPS) is 21.0. The first kappa shape index (κ1) is 49.9. The molecule has 0 aromatic carbocycles. The Morgan fingerprint density at radius 2 is 1.09 bits per heavy atom. The Labute approximate surface area is 327 Å². The minimum atomic E-state index is -1.60. The molecule has 1 aliphatic heterocycles. The Bertz CT molecular complexity index is 980. The van der Waals surface area contributed by atoms with Crippen LogP contribution in [0.15, 0.2) is 36.5 Å². The number of carbonyl (C=O) groups excluding carboxylic acids is 2. The third-order valence-corrected chi connectivity index (χ3v) is 9.76. The van der Waals surface area contributed by atoms with Gasteiger partial charge in [-0.2, -0.15) is 0 Å². The summed E-state index contributed by atoms with van der Waals surface area (Å²) in [5, 5.41) is 40.0. The van der Waals surface area contributed by atoms with E-state index in [-0.39, 0.29) is 26.1 Å². The Hall–Kier alpha value is -2.08. The van der Waals surface area contributed by atoms with E-state index in [1.54, 1.807) is 0 Å². The molecule has 0 aromatic rings. The lowest BCUT2D eigenvalue weighted by Gasteiger charge is -2.39. The minimum Gasteiger partial charge on any atom is -0.462 e. The molecule has 1 fully saturated rings. The van der Waals surface area contributed by atoms with Crippen LogP contribution in [0.5, 0.6) is 0 Å². The zero-order valence-corrected chi connectivity index (χ0v) is 34.0. The predicted molar refractivity (Wildman–Crippen MR) is 215 cm³/mol. The van der Waals surface area contributed by atoms with Crippen molar-refractivity contribution in [3.05, 3.63) is 36.5 Å². The van der Waals surface area contributed by atoms with Gasteiger partial charge in [0.2, 0.25) is 0 Å². The fraction of sp³-hybridized carbons (Fsp3) is 0.818. The van der Waals surface area contributed by atoms with Gasteiger partial charge in [-0.3, -0.25) is 9.59 Å². The van der Waals surface area contributed by atoms with Crippen molar-refractivity contribution in [2.75, 3.05) is 19.8 Å². The monoisotopic (exact) mass is 767 g/mol. The Balaban J connectivity index is 2.38. The van der Waals surface area contributed by atoms with Crippen LogP contribution in [0.4, 0.5) is 0 Å². The van der Waals surface area contributed by atoms with Gasteiger partial charge < -0.3 is 39.4 Å². The molecule has 0 bridgehead atoms. The molecule has 0 radical (unpaired) electrons. The van der Waals surface area contributed by atoms with Crippen LogP contribution in [0.25, 0.3) is 0 Å². The van der Waals surface area contributed by atoms with E-state index < -0.39 is 55.4 Å². The molecular formula is C44H78O10. The molecule has 0 saturated carbocycles. The van der Waals surface area contributed by atoms with Crippen molar-refractivity contribution in [3.8, 4) is 0 Å². The molecule has 4 N–H and O–H groups in total. The number of ether oxygens (including phenoxy) is 4. The van der Waals surface area contributed by atoms with Crippen molar-refractivity contribution < 1.29 is 49.0 Å². The molecule has 1 aliphatic rings. The Kier molecular flexibility index (Phi) is 32.7. The Morgan fingerprint density at radius 3 is 1.69 bits per heavy atom. The van der Waals surface area contributed by atoms with Gasteiger partial charge in [0, 0.05) is 12.8 Å². The predicted octanol–water partition coefficient (Wildman–Crippen LogP) is 8.72. The van der Waals surface area contributed by atoms with Gasteiger partial charge in [-0.1, -0.05) is 147 Å². The maximum atomic E-state index is 12.7. The van der Waals surface area contributed by atoms with E-state index in [0.29, 0.717) is 12.8 Å². The van der Waals surface area contributed by atoms with Gasteiger partial charge in [0.25, 0.3) is 0 Å². The van der Waals surface area contributed by atoms with E-state index in [9.17, 15) is 30.0 Å². The first-order chi connectivity index (χ1) is 26.3. The van der Waals surface area contributed by atoms with Crippen molar-refractivity contribution in [2.24, 2.45) is 0 Å². The maximum Gasteiger partial charge on any atom is 0.306 e. The summed E-state index contributed by atoms with van der Waals surface area (Å²) in [6.07, 6.45) is 31.6. The van der Waals surface area contributed by atoms with Crippen LogP contribution in [0.2, 0.25) is 0 Å². The second-order valence-electron chi connectivity index (χ2n) is 14.8. The number of hydrogen-bond donors (Lipinski definition) is 4. The molecule has 1 saturated heterocycles. The summed E-state index contributed by atoms with van der Waals surface area (Å²) in [7, 11) is 0. The van der Waals surface area contributed by atoms with E-state index in [4.69, 9.17) is 18.9 Å². The van der Waals surface area contributed by atoms with Crippen LogP contribution in [0.1, 0.15) is 174 Å². The summed E-state index contributed by atoms with van der Waals surface area (Å²) in [5.41, 5.74) is 0. The van der Waals surface area contributed by atoms with Gasteiger partial charge in [-0.15, -0.1) is 0 Å². The molecular weight excluding hydrogens is 688 g/mol. The van der Waals surface area contributed by atoms with Crippen molar-refractivity contribution in [1.82, 2.24) is 0 Å². The summed E-state index contributed by atoms with van der Waals surface area (Å²) in [6.45, 7) is 3.32. The molecule has 0 spiro atoms. The number of esters is 2. The van der Waals surface area contributed by atoms with Gasteiger partial charge in [0.05, 0.1) is 13.2 Å². The molecule has 1 heterocycles.